The van der Waals surface area contributed by atoms with Crippen LogP contribution in [-0.4, -0.2) is 30.3 Å². The fourth-order valence-electron chi connectivity index (χ4n) is 3.51. The van der Waals surface area contributed by atoms with Gasteiger partial charge in [-0.1, -0.05) is 36.8 Å². The second-order valence-corrected chi connectivity index (χ2v) is 6.90. The van der Waals surface area contributed by atoms with E-state index in [-0.39, 0.29) is 17.6 Å². The molecule has 0 radical (unpaired) electrons. The van der Waals surface area contributed by atoms with Crippen molar-refractivity contribution in [2.75, 3.05) is 13.1 Å². The van der Waals surface area contributed by atoms with E-state index in [1.54, 1.807) is 0 Å². The summed E-state index contributed by atoms with van der Waals surface area (Å²) in [7, 11) is 0. The molecular formula is C18H26N2O2. The van der Waals surface area contributed by atoms with Crippen molar-refractivity contribution in [2.24, 2.45) is 5.92 Å². The molecule has 0 saturated heterocycles. The summed E-state index contributed by atoms with van der Waals surface area (Å²) in [5, 5.41) is 15.6. The van der Waals surface area contributed by atoms with Crippen molar-refractivity contribution in [3.63, 3.8) is 0 Å². The summed E-state index contributed by atoms with van der Waals surface area (Å²) in [5.41, 5.74) is 1.48. The summed E-state index contributed by atoms with van der Waals surface area (Å²) in [4.78, 5) is 12.0. The molecule has 2 atom stereocenters. The molecule has 0 aromatic heterocycles. The van der Waals surface area contributed by atoms with Gasteiger partial charge < -0.3 is 15.7 Å². The zero-order chi connectivity index (χ0) is 15.4. The zero-order valence-corrected chi connectivity index (χ0v) is 13.1. The molecule has 120 valence electrons. The minimum Gasteiger partial charge on any atom is -0.393 e. The number of aliphatic hydroxyl groups is 1. The van der Waals surface area contributed by atoms with Crippen molar-refractivity contribution in [1.82, 2.24) is 10.6 Å². The van der Waals surface area contributed by atoms with Crippen LogP contribution in [0.5, 0.6) is 0 Å². The van der Waals surface area contributed by atoms with E-state index >= 15 is 0 Å². The predicted molar refractivity (Wildman–Crippen MR) is 86.7 cm³/mol. The van der Waals surface area contributed by atoms with Crippen LogP contribution in [0, 0.1) is 5.92 Å². The number of benzene rings is 1. The summed E-state index contributed by atoms with van der Waals surface area (Å²) in [6, 6.07) is 10.4. The fourth-order valence-corrected chi connectivity index (χ4v) is 3.51. The van der Waals surface area contributed by atoms with Crippen molar-refractivity contribution >= 4 is 6.03 Å². The van der Waals surface area contributed by atoms with Gasteiger partial charge in [-0.15, -0.1) is 0 Å². The molecule has 2 unspecified atom stereocenters. The molecule has 0 bridgehead atoms. The Hall–Kier alpha value is -1.55. The van der Waals surface area contributed by atoms with Crippen LogP contribution in [0.2, 0.25) is 0 Å². The number of urea groups is 1. The number of hydrogen-bond acceptors (Lipinski definition) is 2. The van der Waals surface area contributed by atoms with Crippen LogP contribution in [0.25, 0.3) is 0 Å². The highest BCUT2D eigenvalue weighted by Crippen LogP contribution is 2.47. The lowest BCUT2D eigenvalue weighted by atomic mass is 9.87. The molecule has 1 aromatic rings. The van der Waals surface area contributed by atoms with E-state index in [9.17, 15) is 9.90 Å². The molecule has 2 fully saturated rings. The van der Waals surface area contributed by atoms with E-state index in [2.05, 4.69) is 34.9 Å². The van der Waals surface area contributed by atoms with Gasteiger partial charge in [0.2, 0.25) is 0 Å². The van der Waals surface area contributed by atoms with E-state index < -0.39 is 0 Å². The van der Waals surface area contributed by atoms with Gasteiger partial charge in [-0.05, 0) is 43.6 Å². The average molecular weight is 302 g/mol. The minimum absolute atomic E-state index is 0.0812. The van der Waals surface area contributed by atoms with Gasteiger partial charge in [0, 0.05) is 18.5 Å². The Morgan fingerprint density at radius 2 is 1.95 bits per heavy atom. The van der Waals surface area contributed by atoms with Gasteiger partial charge in [0.15, 0.2) is 0 Å². The van der Waals surface area contributed by atoms with E-state index in [0.29, 0.717) is 19.0 Å². The maximum atomic E-state index is 12.0. The highest BCUT2D eigenvalue weighted by molar-refractivity contribution is 5.74. The highest BCUT2D eigenvalue weighted by Gasteiger charge is 2.44. The molecular weight excluding hydrogens is 276 g/mol. The van der Waals surface area contributed by atoms with Crippen molar-refractivity contribution in [3.05, 3.63) is 35.9 Å². The summed E-state index contributed by atoms with van der Waals surface area (Å²) in [6.45, 7) is 1.37. The highest BCUT2D eigenvalue weighted by atomic mass is 16.3. The molecule has 3 N–H and O–H groups in total. The molecule has 0 spiro atoms. The quantitative estimate of drug-likeness (QED) is 0.783. The first kappa shape index (κ1) is 15.3. The summed E-state index contributed by atoms with van der Waals surface area (Å²) < 4.78 is 0. The summed E-state index contributed by atoms with van der Waals surface area (Å²) in [5.74, 6) is 0.415. The third-order valence-corrected chi connectivity index (χ3v) is 5.13. The monoisotopic (exact) mass is 302 g/mol. The van der Waals surface area contributed by atoms with Crippen molar-refractivity contribution in [2.45, 2.75) is 50.0 Å². The van der Waals surface area contributed by atoms with Gasteiger partial charge in [-0.3, -0.25) is 0 Å². The number of aliphatic hydroxyl groups excluding tert-OH is 1. The molecule has 2 amide bonds. The normalized spacial score (nSPS) is 26.2. The van der Waals surface area contributed by atoms with Gasteiger partial charge in [0.25, 0.3) is 0 Å². The third-order valence-electron chi connectivity index (χ3n) is 5.13. The summed E-state index contributed by atoms with van der Waals surface area (Å²) in [6.07, 6.45) is 5.99. The Kier molecular flexibility index (Phi) is 4.67. The number of hydrogen-bond donors (Lipinski definition) is 3. The summed E-state index contributed by atoms with van der Waals surface area (Å²) >= 11 is 0. The molecule has 0 heterocycles. The van der Waals surface area contributed by atoms with Crippen molar-refractivity contribution in [1.29, 1.82) is 0 Å². The van der Waals surface area contributed by atoms with Crippen LogP contribution in [0.4, 0.5) is 4.79 Å². The first-order valence-corrected chi connectivity index (χ1v) is 8.43. The lowest BCUT2D eigenvalue weighted by Crippen LogP contribution is -2.42. The average Bonchev–Trinajstić information content (AvgIpc) is 3.33. The van der Waals surface area contributed by atoms with Gasteiger partial charge in [0.1, 0.15) is 0 Å². The van der Waals surface area contributed by atoms with Gasteiger partial charge in [-0.25, -0.2) is 4.79 Å². The topological polar surface area (TPSA) is 61.4 Å². The number of carbonyl (C=O) groups is 1. The molecule has 2 aliphatic carbocycles. The second kappa shape index (κ2) is 6.69. The SMILES string of the molecule is O=C(NCC1CCCC(O)C1)NCC1(c2ccccc2)CC1. The van der Waals surface area contributed by atoms with Crippen LogP contribution >= 0.6 is 0 Å². The van der Waals surface area contributed by atoms with Crippen LogP contribution in [0.3, 0.4) is 0 Å². The molecule has 4 heteroatoms. The van der Waals surface area contributed by atoms with Gasteiger partial charge in [0.05, 0.1) is 6.10 Å². The molecule has 4 nitrogen and oxygen atoms in total. The van der Waals surface area contributed by atoms with Crippen LogP contribution < -0.4 is 10.6 Å². The number of nitrogens with one attached hydrogen (secondary N) is 2. The first-order chi connectivity index (χ1) is 10.7. The van der Waals surface area contributed by atoms with E-state index in [1.165, 1.54) is 5.56 Å². The molecule has 0 aliphatic heterocycles. The van der Waals surface area contributed by atoms with Gasteiger partial charge in [-0.2, -0.15) is 0 Å². The standard InChI is InChI=1S/C18H26N2O2/c21-16-8-4-5-14(11-16)12-19-17(22)20-13-18(9-10-18)15-6-2-1-3-7-15/h1-3,6-7,14,16,21H,4-5,8-13H2,(H2,19,20,22). The maximum Gasteiger partial charge on any atom is 0.314 e. The van der Waals surface area contributed by atoms with E-state index in [1.807, 2.05) is 6.07 Å². The minimum atomic E-state index is -0.184. The predicted octanol–water partition coefficient (Wildman–Crippen LogP) is 2.57. The Balaban J connectivity index is 1.41. The maximum absolute atomic E-state index is 12.0. The van der Waals surface area contributed by atoms with Crippen LogP contribution in [-0.2, 0) is 5.41 Å². The Morgan fingerprint density at radius 1 is 1.18 bits per heavy atom. The van der Waals surface area contributed by atoms with E-state index in [4.69, 9.17) is 0 Å². The Bertz CT molecular complexity index is 499. The number of amides is 2. The van der Waals surface area contributed by atoms with E-state index in [0.717, 1.165) is 38.5 Å². The molecule has 2 saturated carbocycles. The van der Waals surface area contributed by atoms with Crippen LogP contribution in [0.1, 0.15) is 44.1 Å². The Labute approximate surface area is 132 Å². The van der Waals surface area contributed by atoms with Crippen molar-refractivity contribution < 1.29 is 9.90 Å². The lowest BCUT2D eigenvalue weighted by molar-refractivity contribution is 0.101. The smallest absolute Gasteiger partial charge is 0.314 e. The molecule has 2 aliphatic rings. The number of carbonyl (C=O) groups excluding carboxylic acids is 1. The van der Waals surface area contributed by atoms with Crippen LogP contribution in [0.15, 0.2) is 30.3 Å². The fraction of sp³-hybridized carbons (Fsp3) is 0.611. The second-order valence-electron chi connectivity index (χ2n) is 6.90. The Morgan fingerprint density at radius 3 is 2.64 bits per heavy atom. The molecule has 3 rings (SSSR count). The molecule has 22 heavy (non-hydrogen) atoms. The molecule has 1 aromatic carbocycles. The number of rotatable bonds is 5. The van der Waals surface area contributed by atoms with Crippen molar-refractivity contribution in [3.8, 4) is 0 Å². The third kappa shape index (κ3) is 3.80. The zero-order valence-electron chi connectivity index (χ0n) is 13.1. The van der Waals surface area contributed by atoms with Gasteiger partial charge >= 0.3 is 6.03 Å². The largest absolute Gasteiger partial charge is 0.393 e. The first-order valence-electron chi connectivity index (χ1n) is 8.43. The lowest BCUT2D eigenvalue weighted by Gasteiger charge is -2.26.